The lowest BCUT2D eigenvalue weighted by Gasteiger charge is -2.23. The molecule has 2 heterocycles. The van der Waals surface area contributed by atoms with E-state index >= 15 is 0 Å². The molecule has 154 valence electrons. The number of carbonyl (C=O) groups is 1. The van der Waals surface area contributed by atoms with E-state index < -0.39 is 0 Å². The smallest absolute Gasteiger partial charge is 0.273 e. The van der Waals surface area contributed by atoms with Crippen LogP contribution in [0, 0.1) is 6.92 Å². The maximum Gasteiger partial charge on any atom is 0.273 e. The fourth-order valence-electron chi connectivity index (χ4n) is 3.52. The number of aromatic nitrogens is 3. The number of rotatable bonds is 5. The van der Waals surface area contributed by atoms with Crippen molar-refractivity contribution >= 4 is 18.3 Å². The number of halogens is 1. The van der Waals surface area contributed by atoms with Crippen LogP contribution in [-0.2, 0) is 11.8 Å². The normalized spacial score (nSPS) is 15.1. The van der Waals surface area contributed by atoms with Gasteiger partial charge in [0.15, 0.2) is 5.69 Å². The first-order valence-electron chi connectivity index (χ1n) is 9.86. The number of amides is 1. The Kier molecular flexibility index (Phi) is 7.61. The number of hydrogen-bond acceptors (Lipinski definition) is 4. The van der Waals surface area contributed by atoms with Gasteiger partial charge in [0, 0.05) is 6.54 Å². The van der Waals surface area contributed by atoms with E-state index in [1.165, 1.54) is 11.1 Å². The Morgan fingerprint density at radius 1 is 1.21 bits per heavy atom. The summed E-state index contributed by atoms with van der Waals surface area (Å²) in [7, 11) is 0. The molecule has 0 saturated carbocycles. The average Bonchev–Trinajstić information content (AvgIpc) is 3.03. The molecule has 1 aliphatic rings. The van der Waals surface area contributed by atoms with Gasteiger partial charge in [0.1, 0.15) is 0 Å². The summed E-state index contributed by atoms with van der Waals surface area (Å²) < 4.78 is 1.92. The third kappa shape index (κ3) is 5.32. The largest absolute Gasteiger partial charge is 0.350 e. The molecule has 0 atom stereocenters. The third-order valence-corrected chi connectivity index (χ3v) is 5.32. The number of hydrogen-bond donors (Lipinski definition) is 2. The van der Waals surface area contributed by atoms with Crippen molar-refractivity contribution in [1.82, 2.24) is 25.6 Å². The molecule has 3 rings (SSSR count). The van der Waals surface area contributed by atoms with E-state index in [0.29, 0.717) is 18.3 Å². The maximum absolute atomic E-state index is 12.5. The standard InChI is InChI=1S/C21H31N5O.ClH/c1-15-19(24-25-26(15)18-10-12-22-13-11-18)20(27)23-14-9-16-5-7-17(8-6-16)21(2,3)4;/h5-8,18,22H,9-14H2,1-4H3,(H,23,27);1H. The highest BCUT2D eigenvalue weighted by atomic mass is 35.5. The molecule has 0 spiro atoms. The maximum atomic E-state index is 12.5. The summed E-state index contributed by atoms with van der Waals surface area (Å²) in [4.78, 5) is 12.5. The zero-order chi connectivity index (χ0) is 19.4. The Hall–Kier alpha value is -1.92. The number of nitrogens with one attached hydrogen (secondary N) is 2. The van der Waals surface area contributed by atoms with Gasteiger partial charge in [-0.15, -0.1) is 17.5 Å². The van der Waals surface area contributed by atoms with Crippen LogP contribution >= 0.6 is 12.4 Å². The van der Waals surface area contributed by atoms with E-state index in [9.17, 15) is 4.79 Å². The Labute approximate surface area is 173 Å². The second-order valence-corrected chi connectivity index (χ2v) is 8.40. The van der Waals surface area contributed by atoms with Crippen molar-refractivity contribution in [1.29, 1.82) is 0 Å². The van der Waals surface area contributed by atoms with Crippen molar-refractivity contribution in [2.45, 2.75) is 58.4 Å². The van der Waals surface area contributed by atoms with Gasteiger partial charge < -0.3 is 10.6 Å². The lowest BCUT2D eigenvalue weighted by atomic mass is 9.86. The van der Waals surface area contributed by atoms with Crippen LogP contribution in [0.2, 0.25) is 0 Å². The summed E-state index contributed by atoms with van der Waals surface area (Å²) >= 11 is 0. The van der Waals surface area contributed by atoms with Gasteiger partial charge in [-0.05, 0) is 55.8 Å². The molecule has 2 aromatic rings. The van der Waals surface area contributed by atoms with Crippen LogP contribution in [0.3, 0.4) is 0 Å². The molecule has 1 fully saturated rings. The molecular formula is C21H32ClN5O. The van der Waals surface area contributed by atoms with Gasteiger partial charge in [-0.2, -0.15) is 0 Å². The molecule has 1 aromatic carbocycles. The minimum Gasteiger partial charge on any atom is -0.350 e. The highest BCUT2D eigenvalue weighted by molar-refractivity contribution is 5.93. The van der Waals surface area contributed by atoms with Crippen molar-refractivity contribution < 1.29 is 4.79 Å². The van der Waals surface area contributed by atoms with Gasteiger partial charge in [0.25, 0.3) is 5.91 Å². The van der Waals surface area contributed by atoms with Gasteiger partial charge in [-0.25, -0.2) is 4.68 Å². The monoisotopic (exact) mass is 405 g/mol. The molecule has 0 aliphatic carbocycles. The van der Waals surface area contributed by atoms with E-state index in [1.54, 1.807) is 0 Å². The predicted molar refractivity (Wildman–Crippen MR) is 114 cm³/mol. The van der Waals surface area contributed by atoms with Crippen LogP contribution in [0.1, 0.15) is 67.0 Å². The van der Waals surface area contributed by atoms with Crippen molar-refractivity contribution in [3.05, 3.63) is 46.8 Å². The SMILES string of the molecule is Cc1c(C(=O)NCCc2ccc(C(C)(C)C)cc2)nnn1C1CCNCC1.Cl. The van der Waals surface area contributed by atoms with E-state index in [1.807, 2.05) is 11.6 Å². The molecule has 7 heteroatoms. The Bertz CT molecular complexity index is 773. The lowest BCUT2D eigenvalue weighted by Crippen LogP contribution is -2.30. The zero-order valence-electron chi connectivity index (χ0n) is 17.3. The molecule has 28 heavy (non-hydrogen) atoms. The van der Waals surface area contributed by atoms with Gasteiger partial charge in [-0.3, -0.25) is 4.79 Å². The van der Waals surface area contributed by atoms with Crippen LogP contribution in [0.15, 0.2) is 24.3 Å². The first-order chi connectivity index (χ1) is 12.9. The van der Waals surface area contributed by atoms with Gasteiger partial charge in [0.05, 0.1) is 11.7 Å². The molecule has 2 N–H and O–H groups in total. The third-order valence-electron chi connectivity index (χ3n) is 5.32. The first kappa shape index (κ1) is 22.4. The molecule has 1 amide bonds. The molecular weight excluding hydrogens is 374 g/mol. The molecule has 0 radical (unpaired) electrons. The van der Waals surface area contributed by atoms with Crippen LogP contribution in [0.4, 0.5) is 0 Å². The molecule has 6 nitrogen and oxygen atoms in total. The number of piperidine rings is 1. The second kappa shape index (κ2) is 9.52. The molecule has 1 saturated heterocycles. The van der Waals surface area contributed by atoms with Gasteiger partial charge in [-0.1, -0.05) is 50.3 Å². The lowest BCUT2D eigenvalue weighted by molar-refractivity contribution is 0.0948. The molecule has 1 aliphatic heterocycles. The van der Waals surface area contributed by atoms with E-state index in [2.05, 4.69) is 66.0 Å². The van der Waals surface area contributed by atoms with Gasteiger partial charge >= 0.3 is 0 Å². The number of nitrogens with zero attached hydrogens (tertiary/aromatic N) is 3. The molecule has 0 bridgehead atoms. The zero-order valence-corrected chi connectivity index (χ0v) is 18.1. The predicted octanol–water partition coefficient (Wildman–Crippen LogP) is 3.20. The highest BCUT2D eigenvalue weighted by Gasteiger charge is 2.22. The molecule has 0 unspecified atom stereocenters. The number of benzene rings is 1. The van der Waals surface area contributed by atoms with Crippen molar-refractivity contribution in [3.63, 3.8) is 0 Å². The van der Waals surface area contributed by atoms with E-state index in [4.69, 9.17) is 0 Å². The van der Waals surface area contributed by atoms with Crippen molar-refractivity contribution in [3.8, 4) is 0 Å². The summed E-state index contributed by atoms with van der Waals surface area (Å²) in [5.74, 6) is -0.140. The van der Waals surface area contributed by atoms with Crippen LogP contribution in [0.25, 0.3) is 0 Å². The summed E-state index contributed by atoms with van der Waals surface area (Å²) in [6.45, 7) is 11.1. The number of carbonyl (C=O) groups excluding carboxylic acids is 1. The Morgan fingerprint density at radius 2 is 1.86 bits per heavy atom. The first-order valence-corrected chi connectivity index (χ1v) is 9.86. The van der Waals surface area contributed by atoms with Crippen LogP contribution in [-0.4, -0.2) is 40.5 Å². The fraction of sp³-hybridized carbons (Fsp3) is 0.571. The average molecular weight is 406 g/mol. The summed E-state index contributed by atoms with van der Waals surface area (Å²) in [6.07, 6.45) is 2.85. The minimum absolute atomic E-state index is 0. The van der Waals surface area contributed by atoms with E-state index in [-0.39, 0.29) is 23.7 Å². The van der Waals surface area contributed by atoms with Crippen LogP contribution < -0.4 is 10.6 Å². The van der Waals surface area contributed by atoms with Crippen molar-refractivity contribution in [2.24, 2.45) is 0 Å². The van der Waals surface area contributed by atoms with Gasteiger partial charge in [0.2, 0.25) is 0 Å². The Morgan fingerprint density at radius 3 is 2.46 bits per heavy atom. The van der Waals surface area contributed by atoms with E-state index in [0.717, 1.165) is 38.0 Å². The Balaban J connectivity index is 0.00000280. The van der Waals surface area contributed by atoms with Crippen LogP contribution in [0.5, 0.6) is 0 Å². The quantitative estimate of drug-likeness (QED) is 0.801. The molecule has 1 aromatic heterocycles. The summed E-state index contributed by atoms with van der Waals surface area (Å²) in [5, 5.41) is 14.7. The van der Waals surface area contributed by atoms with Crippen molar-refractivity contribution in [2.75, 3.05) is 19.6 Å². The summed E-state index contributed by atoms with van der Waals surface area (Å²) in [6, 6.07) is 8.97. The highest BCUT2D eigenvalue weighted by Crippen LogP contribution is 2.22. The topological polar surface area (TPSA) is 71.8 Å². The summed E-state index contributed by atoms with van der Waals surface area (Å²) in [5.41, 5.74) is 3.99. The minimum atomic E-state index is -0.140. The second-order valence-electron chi connectivity index (χ2n) is 8.40. The fourth-order valence-corrected chi connectivity index (χ4v) is 3.52.